The molecule has 29 heavy (non-hydrogen) atoms. The molecule has 1 aromatic carbocycles. The van der Waals surface area contributed by atoms with Crippen molar-refractivity contribution in [2.75, 3.05) is 33.9 Å². The number of thiophene rings is 1. The van der Waals surface area contributed by atoms with E-state index in [0.717, 1.165) is 18.4 Å². The second kappa shape index (κ2) is 9.78. The Labute approximate surface area is 175 Å². The standard InChI is InChI=1S/C22H28N2O4S/c1-4-5-11-23-21(25)17-14-24(22(26)19-10-7-12-29-19)13-16(17)15-8-6-9-18(27-2)20(15)28-3/h6-10,12,16-17H,4-5,11,13-14H2,1-3H3,(H,23,25)/t16-,17-/m0/s1. The van der Waals surface area contributed by atoms with Gasteiger partial charge in [0.2, 0.25) is 5.91 Å². The fourth-order valence-electron chi connectivity index (χ4n) is 3.83. The van der Waals surface area contributed by atoms with Crippen LogP contribution in [0.1, 0.15) is 40.9 Å². The van der Waals surface area contributed by atoms with Crippen LogP contribution in [0.2, 0.25) is 0 Å². The molecule has 1 aromatic heterocycles. The third-order valence-electron chi connectivity index (χ3n) is 5.34. The quantitative estimate of drug-likeness (QED) is 0.669. The Morgan fingerprint density at radius 3 is 2.66 bits per heavy atom. The molecule has 0 bridgehead atoms. The van der Waals surface area contributed by atoms with Crippen molar-refractivity contribution in [3.63, 3.8) is 0 Å². The summed E-state index contributed by atoms with van der Waals surface area (Å²) in [6, 6.07) is 9.38. The zero-order valence-corrected chi connectivity index (χ0v) is 18.0. The minimum absolute atomic E-state index is 0.0187. The smallest absolute Gasteiger partial charge is 0.263 e. The predicted octanol–water partition coefficient (Wildman–Crippen LogP) is 3.54. The second-order valence-electron chi connectivity index (χ2n) is 7.13. The molecule has 1 aliphatic heterocycles. The highest BCUT2D eigenvalue weighted by atomic mass is 32.1. The number of amides is 2. The molecule has 2 aromatic rings. The van der Waals surface area contributed by atoms with Gasteiger partial charge < -0.3 is 19.7 Å². The van der Waals surface area contributed by atoms with E-state index >= 15 is 0 Å². The summed E-state index contributed by atoms with van der Waals surface area (Å²) in [6.07, 6.45) is 1.95. The average Bonchev–Trinajstić information content (AvgIpc) is 3.43. The van der Waals surface area contributed by atoms with Gasteiger partial charge in [0, 0.05) is 31.1 Å². The number of hydrogen-bond acceptors (Lipinski definition) is 5. The molecule has 3 rings (SSSR count). The van der Waals surface area contributed by atoms with Crippen molar-refractivity contribution in [3.8, 4) is 11.5 Å². The van der Waals surface area contributed by atoms with Gasteiger partial charge >= 0.3 is 0 Å². The van der Waals surface area contributed by atoms with E-state index in [1.165, 1.54) is 11.3 Å². The molecule has 1 aliphatic rings. The Balaban J connectivity index is 1.91. The minimum atomic E-state index is -0.336. The van der Waals surface area contributed by atoms with Crippen molar-refractivity contribution in [1.29, 1.82) is 0 Å². The summed E-state index contributed by atoms with van der Waals surface area (Å²) in [4.78, 5) is 28.4. The molecule has 156 valence electrons. The van der Waals surface area contributed by atoms with Crippen LogP contribution in [-0.4, -0.2) is 50.6 Å². The predicted molar refractivity (Wildman–Crippen MR) is 114 cm³/mol. The lowest BCUT2D eigenvalue weighted by Gasteiger charge is -2.21. The van der Waals surface area contributed by atoms with Crippen LogP contribution in [0.3, 0.4) is 0 Å². The van der Waals surface area contributed by atoms with Gasteiger partial charge in [-0.15, -0.1) is 11.3 Å². The summed E-state index contributed by atoms with van der Waals surface area (Å²) >= 11 is 1.42. The van der Waals surface area contributed by atoms with Crippen molar-refractivity contribution < 1.29 is 19.1 Å². The minimum Gasteiger partial charge on any atom is -0.493 e. The fourth-order valence-corrected chi connectivity index (χ4v) is 4.52. The van der Waals surface area contributed by atoms with Gasteiger partial charge in [-0.25, -0.2) is 0 Å². The number of benzene rings is 1. The first kappa shape index (κ1) is 21.2. The molecule has 0 aliphatic carbocycles. The van der Waals surface area contributed by atoms with Crippen LogP contribution in [0, 0.1) is 5.92 Å². The average molecular weight is 417 g/mol. The van der Waals surface area contributed by atoms with Crippen LogP contribution in [0.25, 0.3) is 0 Å². The summed E-state index contributed by atoms with van der Waals surface area (Å²) in [7, 11) is 3.19. The SMILES string of the molecule is CCCCNC(=O)[C@H]1CN(C(=O)c2cccs2)C[C@H]1c1cccc(OC)c1OC. The highest BCUT2D eigenvalue weighted by molar-refractivity contribution is 7.12. The number of unbranched alkanes of at least 4 members (excludes halogenated alkanes) is 1. The van der Waals surface area contributed by atoms with Gasteiger partial charge in [0.25, 0.3) is 5.91 Å². The van der Waals surface area contributed by atoms with Crippen molar-refractivity contribution in [2.24, 2.45) is 5.92 Å². The third-order valence-corrected chi connectivity index (χ3v) is 6.20. The number of carbonyl (C=O) groups excluding carboxylic acids is 2. The number of rotatable bonds is 8. The molecular weight excluding hydrogens is 388 g/mol. The molecule has 0 saturated carbocycles. The van der Waals surface area contributed by atoms with E-state index < -0.39 is 0 Å². The van der Waals surface area contributed by atoms with Crippen molar-refractivity contribution >= 4 is 23.2 Å². The third kappa shape index (κ3) is 4.56. The Morgan fingerprint density at radius 2 is 2.00 bits per heavy atom. The lowest BCUT2D eigenvalue weighted by atomic mass is 9.87. The molecule has 7 heteroatoms. The summed E-state index contributed by atoms with van der Waals surface area (Å²) in [5.41, 5.74) is 0.893. The lowest BCUT2D eigenvalue weighted by molar-refractivity contribution is -0.124. The van der Waals surface area contributed by atoms with Gasteiger partial charge in [0.1, 0.15) is 0 Å². The topological polar surface area (TPSA) is 67.9 Å². The number of nitrogens with one attached hydrogen (secondary N) is 1. The number of methoxy groups -OCH3 is 2. The van der Waals surface area contributed by atoms with Gasteiger partial charge in [0.15, 0.2) is 11.5 Å². The molecule has 2 atom stereocenters. The lowest BCUT2D eigenvalue weighted by Crippen LogP contribution is -2.36. The number of para-hydroxylation sites is 1. The van der Waals surface area contributed by atoms with Gasteiger partial charge in [0.05, 0.1) is 25.0 Å². The number of carbonyl (C=O) groups is 2. The largest absolute Gasteiger partial charge is 0.493 e. The molecule has 2 amide bonds. The maximum Gasteiger partial charge on any atom is 0.263 e. The summed E-state index contributed by atoms with van der Waals surface area (Å²) in [6.45, 7) is 3.59. The van der Waals surface area contributed by atoms with E-state index in [1.807, 2.05) is 35.7 Å². The van der Waals surface area contributed by atoms with Crippen LogP contribution in [0.15, 0.2) is 35.7 Å². The zero-order valence-electron chi connectivity index (χ0n) is 17.1. The maximum absolute atomic E-state index is 13.0. The Hall–Kier alpha value is -2.54. The number of likely N-dealkylation sites (tertiary alicyclic amines) is 1. The first-order valence-corrected chi connectivity index (χ1v) is 10.8. The van der Waals surface area contributed by atoms with Crippen LogP contribution < -0.4 is 14.8 Å². The number of ether oxygens (including phenoxy) is 2. The van der Waals surface area contributed by atoms with Crippen molar-refractivity contribution in [1.82, 2.24) is 10.2 Å². The summed E-state index contributed by atoms with van der Waals surface area (Å²) < 4.78 is 11.1. The monoisotopic (exact) mass is 416 g/mol. The second-order valence-corrected chi connectivity index (χ2v) is 8.08. The molecular formula is C22H28N2O4S. The first-order valence-electron chi connectivity index (χ1n) is 9.92. The van der Waals surface area contributed by atoms with Crippen molar-refractivity contribution in [2.45, 2.75) is 25.7 Å². The molecule has 1 N–H and O–H groups in total. The molecule has 6 nitrogen and oxygen atoms in total. The Bertz CT molecular complexity index is 837. The van der Waals surface area contributed by atoms with Gasteiger partial charge in [-0.1, -0.05) is 31.5 Å². The van der Waals surface area contributed by atoms with Crippen LogP contribution in [-0.2, 0) is 4.79 Å². The van der Waals surface area contributed by atoms with Gasteiger partial charge in [-0.05, 0) is 23.9 Å². The van der Waals surface area contributed by atoms with Crippen LogP contribution in [0.5, 0.6) is 11.5 Å². The molecule has 0 spiro atoms. The number of nitrogens with zero attached hydrogens (tertiary/aromatic N) is 1. The molecule has 0 unspecified atom stereocenters. The van der Waals surface area contributed by atoms with E-state index in [9.17, 15) is 9.59 Å². The van der Waals surface area contributed by atoms with E-state index in [1.54, 1.807) is 19.1 Å². The molecule has 0 radical (unpaired) electrons. The van der Waals surface area contributed by atoms with Gasteiger partial charge in [-0.3, -0.25) is 9.59 Å². The Morgan fingerprint density at radius 1 is 1.17 bits per heavy atom. The van der Waals surface area contributed by atoms with E-state index in [2.05, 4.69) is 12.2 Å². The van der Waals surface area contributed by atoms with Crippen LogP contribution >= 0.6 is 11.3 Å². The Kier molecular flexibility index (Phi) is 7.14. The summed E-state index contributed by atoms with van der Waals surface area (Å²) in [5, 5.41) is 4.93. The zero-order chi connectivity index (χ0) is 20.8. The van der Waals surface area contributed by atoms with Crippen LogP contribution in [0.4, 0.5) is 0 Å². The van der Waals surface area contributed by atoms with E-state index in [4.69, 9.17) is 9.47 Å². The van der Waals surface area contributed by atoms with Gasteiger partial charge in [-0.2, -0.15) is 0 Å². The summed E-state index contributed by atoms with van der Waals surface area (Å²) in [5.74, 6) is 0.697. The maximum atomic E-state index is 13.0. The molecule has 1 fully saturated rings. The fraction of sp³-hybridized carbons (Fsp3) is 0.455. The normalized spacial score (nSPS) is 18.5. The molecule has 2 heterocycles. The highest BCUT2D eigenvalue weighted by Gasteiger charge is 2.42. The first-order chi connectivity index (χ1) is 14.1. The highest BCUT2D eigenvalue weighted by Crippen LogP contribution is 2.42. The number of hydrogen-bond donors (Lipinski definition) is 1. The van der Waals surface area contributed by atoms with E-state index in [0.29, 0.717) is 36.0 Å². The van der Waals surface area contributed by atoms with Crippen molar-refractivity contribution in [3.05, 3.63) is 46.2 Å². The molecule has 1 saturated heterocycles. The van der Waals surface area contributed by atoms with E-state index in [-0.39, 0.29) is 23.7 Å².